The Morgan fingerprint density at radius 1 is 1.42 bits per heavy atom. The first-order valence-electron chi connectivity index (χ1n) is 4.79. The zero-order chi connectivity index (χ0) is 8.98. The Morgan fingerprint density at radius 3 is 2.58 bits per heavy atom. The molecule has 1 N–H and O–H groups in total. The van der Waals surface area contributed by atoms with E-state index in [2.05, 4.69) is 20.8 Å². The average Bonchev–Trinajstić information content (AvgIpc) is 2.59. The molecular weight excluding hydrogens is 152 g/mol. The molecule has 2 nitrogen and oxygen atoms in total. The molecule has 1 saturated carbocycles. The number of aliphatic hydroxyl groups excluding tert-OH is 1. The molecule has 1 saturated heterocycles. The van der Waals surface area contributed by atoms with Gasteiger partial charge in [-0.05, 0) is 25.2 Å². The normalized spacial score (nSPS) is 50.0. The van der Waals surface area contributed by atoms with Gasteiger partial charge in [-0.3, -0.25) is 0 Å². The van der Waals surface area contributed by atoms with E-state index in [1.807, 2.05) is 0 Å². The van der Waals surface area contributed by atoms with Crippen LogP contribution in [0.2, 0.25) is 0 Å². The maximum atomic E-state index is 9.31. The van der Waals surface area contributed by atoms with Gasteiger partial charge in [-0.2, -0.15) is 0 Å². The van der Waals surface area contributed by atoms with Gasteiger partial charge in [0.15, 0.2) is 0 Å². The topological polar surface area (TPSA) is 32.8 Å². The Kier molecular flexibility index (Phi) is 1.59. The van der Waals surface area contributed by atoms with Crippen molar-refractivity contribution < 1.29 is 9.84 Å². The van der Waals surface area contributed by atoms with Gasteiger partial charge in [-0.25, -0.2) is 0 Å². The first kappa shape index (κ1) is 8.52. The number of rotatable bonds is 1. The zero-order valence-electron chi connectivity index (χ0n) is 8.13. The van der Waals surface area contributed by atoms with Crippen molar-refractivity contribution in [3.63, 3.8) is 0 Å². The molecule has 2 fully saturated rings. The third-order valence-electron chi connectivity index (χ3n) is 3.85. The molecule has 0 aromatic carbocycles. The Balaban J connectivity index is 2.21. The molecule has 1 aliphatic heterocycles. The van der Waals surface area contributed by atoms with E-state index in [-0.39, 0.29) is 17.6 Å². The second-order valence-corrected chi connectivity index (χ2v) is 5.05. The van der Waals surface area contributed by atoms with Crippen molar-refractivity contribution in [2.75, 3.05) is 6.61 Å². The van der Waals surface area contributed by atoms with E-state index in [0.717, 1.165) is 0 Å². The highest BCUT2D eigenvalue weighted by atomic mass is 16.6. The molecule has 3 atom stereocenters. The lowest BCUT2D eigenvalue weighted by Gasteiger charge is -2.39. The molecule has 0 unspecified atom stereocenters. The summed E-state index contributed by atoms with van der Waals surface area (Å²) in [7, 11) is 0. The summed E-state index contributed by atoms with van der Waals surface area (Å²) in [5, 5.41) is 9.31. The van der Waals surface area contributed by atoms with E-state index in [9.17, 15) is 5.11 Å². The van der Waals surface area contributed by atoms with Gasteiger partial charge in [0.25, 0.3) is 0 Å². The van der Waals surface area contributed by atoms with Crippen LogP contribution in [0, 0.1) is 11.3 Å². The smallest absolute Gasteiger partial charge is 0.0975 e. The van der Waals surface area contributed by atoms with E-state index in [1.165, 1.54) is 12.8 Å². The van der Waals surface area contributed by atoms with Crippen LogP contribution in [-0.2, 0) is 4.74 Å². The van der Waals surface area contributed by atoms with Gasteiger partial charge in [0.1, 0.15) is 0 Å². The van der Waals surface area contributed by atoms with Crippen molar-refractivity contribution >= 4 is 0 Å². The Morgan fingerprint density at radius 2 is 2.08 bits per heavy atom. The lowest BCUT2D eigenvalue weighted by molar-refractivity contribution is 0.0402. The van der Waals surface area contributed by atoms with Crippen LogP contribution in [-0.4, -0.2) is 23.4 Å². The van der Waals surface area contributed by atoms with Gasteiger partial charge in [0.2, 0.25) is 0 Å². The quantitative estimate of drug-likeness (QED) is 0.606. The summed E-state index contributed by atoms with van der Waals surface area (Å²) >= 11 is 0. The number of hydrogen-bond acceptors (Lipinski definition) is 2. The second-order valence-electron chi connectivity index (χ2n) is 5.05. The Bertz CT molecular complexity index is 195. The fraction of sp³-hybridized carbons (Fsp3) is 1.00. The van der Waals surface area contributed by atoms with Crippen molar-refractivity contribution in [2.24, 2.45) is 11.3 Å². The standard InChI is InChI=1S/C10H18O2/c1-9(2)5-4-8-10(3,12-8)7(9)6-11/h7-8,11H,4-6H2,1-3H3/t7-,8+,10-/m1/s1. The van der Waals surface area contributed by atoms with E-state index in [0.29, 0.717) is 12.0 Å². The van der Waals surface area contributed by atoms with Crippen molar-refractivity contribution in [1.29, 1.82) is 0 Å². The van der Waals surface area contributed by atoms with Gasteiger partial charge in [-0.1, -0.05) is 13.8 Å². The first-order chi connectivity index (χ1) is 5.50. The van der Waals surface area contributed by atoms with Crippen LogP contribution in [0.5, 0.6) is 0 Å². The fourth-order valence-electron chi connectivity index (χ4n) is 2.81. The maximum absolute atomic E-state index is 9.31. The summed E-state index contributed by atoms with van der Waals surface area (Å²) in [6, 6.07) is 0. The summed E-state index contributed by atoms with van der Waals surface area (Å²) in [6.07, 6.45) is 2.78. The number of ether oxygens (including phenoxy) is 1. The molecule has 1 heterocycles. The molecule has 2 heteroatoms. The van der Waals surface area contributed by atoms with Gasteiger partial charge in [-0.15, -0.1) is 0 Å². The summed E-state index contributed by atoms with van der Waals surface area (Å²) in [5.41, 5.74) is 0.243. The Hall–Kier alpha value is -0.0800. The Labute approximate surface area is 73.9 Å². The molecule has 70 valence electrons. The molecule has 0 spiro atoms. The van der Waals surface area contributed by atoms with Crippen LogP contribution in [0.25, 0.3) is 0 Å². The molecule has 0 aromatic heterocycles. The van der Waals surface area contributed by atoms with E-state index in [1.54, 1.807) is 0 Å². The molecule has 12 heavy (non-hydrogen) atoms. The molecule has 0 aromatic rings. The zero-order valence-corrected chi connectivity index (χ0v) is 8.13. The minimum atomic E-state index is -0.00347. The summed E-state index contributed by atoms with van der Waals surface area (Å²) in [5.74, 6) is 0.323. The van der Waals surface area contributed by atoms with E-state index >= 15 is 0 Å². The maximum Gasteiger partial charge on any atom is 0.0975 e. The van der Waals surface area contributed by atoms with E-state index < -0.39 is 0 Å². The molecule has 0 amide bonds. The summed E-state index contributed by atoms with van der Waals surface area (Å²) in [4.78, 5) is 0. The molecule has 1 aliphatic carbocycles. The first-order valence-corrected chi connectivity index (χ1v) is 4.79. The van der Waals surface area contributed by atoms with Crippen LogP contribution in [0.15, 0.2) is 0 Å². The van der Waals surface area contributed by atoms with Gasteiger partial charge >= 0.3 is 0 Å². The van der Waals surface area contributed by atoms with Crippen LogP contribution < -0.4 is 0 Å². The summed E-state index contributed by atoms with van der Waals surface area (Å²) < 4.78 is 5.64. The third kappa shape index (κ3) is 0.944. The van der Waals surface area contributed by atoms with Crippen LogP contribution >= 0.6 is 0 Å². The molecule has 2 rings (SSSR count). The minimum absolute atomic E-state index is 0.00347. The third-order valence-corrected chi connectivity index (χ3v) is 3.85. The van der Waals surface area contributed by atoms with Crippen LogP contribution in [0.4, 0.5) is 0 Å². The number of epoxide rings is 1. The van der Waals surface area contributed by atoms with Crippen LogP contribution in [0.3, 0.4) is 0 Å². The molecule has 0 bridgehead atoms. The summed E-state index contributed by atoms with van der Waals surface area (Å²) in [6.45, 7) is 6.87. The predicted octanol–water partition coefficient (Wildman–Crippen LogP) is 1.57. The number of hydrogen-bond donors (Lipinski definition) is 1. The van der Waals surface area contributed by atoms with Crippen molar-refractivity contribution in [2.45, 2.75) is 45.3 Å². The van der Waals surface area contributed by atoms with E-state index in [4.69, 9.17) is 4.74 Å². The van der Waals surface area contributed by atoms with Gasteiger partial charge in [0.05, 0.1) is 11.7 Å². The van der Waals surface area contributed by atoms with Crippen molar-refractivity contribution in [3.05, 3.63) is 0 Å². The van der Waals surface area contributed by atoms with Crippen molar-refractivity contribution in [1.82, 2.24) is 0 Å². The lowest BCUT2D eigenvalue weighted by Crippen LogP contribution is -2.42. The van der Waals surface area contributed by atoms with Gasteiger partial charge < -0.3 is 9.84 Å². The molecular formula is C10H18O2. The van der Waals surface area contributed by atoms with Crippen molar-refractivity contribution in [3.8, 4) is 0 Å². The highest BCUT2D eigenvalue weighted by Gasteiger charge is 2.63. The minimum Gasteiger partial charge on any atom is -0.396 e. The van der Waals surface area contributed by atoms with Crippen LogP contribution in [0.1, 0.15) is 33.6 Å². The average molecular weight is 170 g/mol. The lowest BCUT2D eigenvalue weighted by atomic mass is 9.64. The molecule has 2 aliphatic rings. The molecule has 0 radical (unpaired) electrons. The monoisotopic (exact) mass is 170 g/mol. The number of aliphatic hydroxyl groups is 1. The number of fused-ring (bicyclic) bond motifs is 1. The highest BCUT2D eigenvalue weighted by molar-refractivity contribution is 5.11. The SMILES string of the molecule is CC1(C)CC[C@@H]2O[C@]2(C)[C@@H]1CO. The fourth-order valence-corrected chi connectivity index (χ4v) is 2.81. The largest absolute Gasteiger partial charge is 0.396 e. The predicted molar refractivity (Wildman–Crippen MR) is 46.9 cm³/mol. The van der Waals surface area contributed by atoms with Gasteiger partial charge in [0, 0.05) is 12.5 Å². The highest BCUT2D eigenvalue weighted by Crippen LogP contribution is 2.57. The second kappa shape index (κ2) is 2.24.